The average Bonchev–Trinajstić information content (AvgIpc) is 2.44. The molecule has 2 aromatic rings. The molecule has 2 rings (SSSR count). The lowest BCUT2D eigenvalue weighted by atomic mass is 10.2. The van der Waals surface area contributed by atoms with Crippen molar-refractivity contribution in [3.05, 3.63) is 57.0 Å². The van der Waals surface area contributed by atoms with Crippen molar-refractivity contribution < 1.29 is 9.53 Å². The van der Waals surface area contributed by atoms with E-state index in [0.717, 1.165) is 0 Å². The van der Waals surface area contributed by atoms with Crippen LogP contribution in [0.2, 0.25) is 15.1 Å². The van der Waals surface area contributed by atoms with Gasteiger partial charge in [-0.25, -0.2) is 0 Å². The normalized spacial score (nSPS) is 10.6. The molecule has 0 aliphatic carbocycles. The van der Waals surface area contributed by atoms with E-state index in [2.05, 4.69) is 5.32 Å². The fraction of sp³-hybridized carbons (Fsp3) is 0.188. The molecule has 22 heavy (non-hydrogen) atoms. The molecule has 0 spiro atoms. The van der Waals surface area contributed by atoms with Crippen LogP contribution in [-0.4, -0.2) is 12.0 Å². The summed E-state index contributed by atoms with van der Waals surface area (Å²) >= 11 is 17.8. The van der Waals surface area contributed by atoms with Gasteiger partial charge in [-0.1, -0.05) is 34.8 Å². The Hall–Kier alpha value is -1.42. The van der Waals surface area contributed by atoms with Crippen LogP contribution in [0.5, 0.6) is 5.75 Å². The van der Waals surface area contributed by atoms with Gasteiger partial charge < -0.3 is 10.1 Å². The summed E-state index contributed by atoms with van der Waals surface area (Å²) in [5.41, 5.74) is 0.891. The number of carbonyl (C=O) groups excluding carboxylic acids is 1. The second kappa shape index (κ2) is 7.23. The lowest BCUT2D eigenvalue weighted by Gasteiger charge is -2.11. The fourth-order valence-corrected chi connectivity index (χ4v) is 2.36. The number of hydrogen-bond donors (Lipinski definition) is 1. The van der Waals surface area contributed by atoms with Gasteiger partial charge in [0.1, 0.15) is 5.75 Å². The summed E-state index contributed by atoms with van der Waals surface area (Å²) in [6.45, 7) is 3.87. The first kappa shape index (κ1) is 16.9. The summed E-state index contributed by atoms with van der Waals surface area (Å²) in [4.78, 5) is 12.2. The number of amides is 1. The SMILES string of the molecule is CC(C)Oc1ccc(C(=O)Nc2cc(Cl)c(Cl)cc2Cl)cc1. The summed E-state index contributed by atoms with van der Waals surface area (Å²) < 4.78 is 5.53. The Kier molecular flexibility index (Phi) is 5.57. The molecule has 116 valence electrons. The van der Waals surface area contributed by atoms with Crippen LogP contribution in [0.3, 0.4) is 0 Å². The lowest BCUT2D eigenvalue weighted by molar-refractivity contribution is 0.102. The van der Waals surface area contributed by atoms with E-state index in [4.69, 9.17) is 39.5 Å². The predicted molar refractivity (Wildman–Crippen MR) is 91.6 cm³/mol. The number of ether oxygens (including phenoxy) is 1. The summed E-state index contributed by atoms with van der Waals surface area (Å²) in [7, 11) is 0. The van der Waals surface area contributed by atoms with Crippen molar-refractivity contribution in [2.45, 2.75) is 20.0 Å². The molecule has 0 fully saturated rings. The number of anilines is 1. The summed E-state index contributed by atoms with van der Waals surface area (Å²) in [6, 6.07) is 9.84. The van der Waals surface area contributed by atoms with Gasteiger partial charge in [0.2, 0.25) is 0 Å². The highest BCUT2D eigenvalue weighted by atomic mass is 35.5. The maximum absolute atomic E-state index is 12.2. The van der Waals surface area contributed by atoms with E-state index in [1.54, 1.807) is 24.3 Å². The molecule has 1 amide bonds. The minimum Gasteiger partial charge on any atom is -0.491 e. The third-order valence-corrected chi connectivity index (χ3v) is 3.78. The third kappa shape index (κ3) is 4.29. The van der Waals surface area contributed by atoms with Gasteiger partial charge >= 0.3 is 0 Å². The molecule has 0 radical (unpaired) electrons. The van der Waals surface area contributed by atoms with Crippen molar-refractivity contribution in [1.82, 2.24) is 0 Å². The van der Waals surface area contributed by atoms with Crippen LogP contribution in [0.4, 0.5) is 5.69 Å². The van der Waals surface area contributed by atoms with Crippen LogP contribution in [0.15, 0.2) is 36.4 Å². The van der Waals surface area contributed by atoms with Gasteiger partial charge in [-0.05, 0) is 50.2 Å². The van der Waals surface area contributed by atoms with E-state index in [1.165, 1.54) is 12.1 Å². The van der Waals surface area contributed by atoms with Crippen molar-refractivity contribution in [2.75, 3.05) is 5.32 Å². The molecule has 0 atom stereocenters. The Morgan fingerprint density at radius 3 is 2.18 bits per heavy atom. The topological polar surface area (TPSA) is 38.3 Å². The highest BCUT2D eigenvalue weighted by Crippen LogP contribution is 2.32. The predicted octanol–water partition coefficient (Wildman–Crippen LogP) is 5.69. The number of rotatable bonds is 4. The lowest BCUT2D eigenvalue weighted by Crippen LogP contribution is -2.12. The van der Waals surface area contributed by atoms with E-state index in [1.807, 2.05) is 13.8 Å². The van der Waals surface area contributed by atoms with Crippen LogP contribution in [0.1, 0.15) is 24.2 Å². The largest absolute Gasteiger partial charge is 0.491 e. The van der Waals surface area contributed by atoms with Crippen molar-refractivity contribution in [1.29, 1.82) is 0 Å². The average molecular weight is 359 g/mol. The minimum atomic E-state index is -0.295. The molecule has 6 heteroatoms. The number of nitrogens with one attached hydrogen (secondary N) is 1. The van der Waals surface area contributed by atoms with Crippen LogP contribution in [0.25, 0.3) is 0 Å². The van der Waals surface area contributed by atoms with Gasteiger partial charge in [0.05, 0.1) is 26.9 Å². The van der Waals surface area contributed by atoms with E-state index < -0.39 is 0 Å². The zero-order valence-corrected chi connectivity index (χ0v) is 14.3. The molecule has 0 aromatic heterocycles. The van der Waals surface area contributed by atoms with Crippen LogP contribution in [0, 0.1) is 0 Å². The molecule has 0 aliphatic heterocycles. The molecule has 0 bridgehead atoms. The number of halogens is 3. The maximum Gasteiger partial charge on any atom is 0.255 e. The molecule has 0 unspecified atom stereocenters. The Morgan fingerprint density at radius 2 is 1.59 bits per heavy atom. The highest BCUT2D eigenvalue weighted by Gasteiger charge is 2.11. The third-order valence-electron chi connectivity index (χ3n) is 2.75. The summed E-state index contributed by atoms with van der Waals surface area (Å²) in [5, 5.41) is 3.68. The van der Waals surface area contributed by atoms with Crippen molar-refractivity contribution in [3.63, 3.8) is 0 Å². The fourth-order valence-electron chi connectivity index (χ4n) is 1.77. The molecule has 0 heterocycles. The molecule has 0 saturated carbocycles. The van der Waals surface area contributed by atoms with Gasteiger partial charge in [0.25, 0.3) is 5.91 Å². The zero-order valence-electron chi connectivity index (χ0n) is 12.0. The van der Waals surface area contributed by atoms with Crippen molar-refractivity contribution in [2.24, 2.45) is 0 Å². The van der Waals surface area contributed by atoms with E-state index in [0.29, 0.717) is 32.1 Å². The van der Waals surface area contributed by atoms with E-state index in [9.17, 15) is 4.79 Å². The Balaban J connectivity index is 2.14. The molecule has 2 aromatic carbocycles. The summed E-state index contributed by atoms with van der Waals surface area (Å²) in [5.74, 6) is 0.413. The van der Waals surface area contributed by atoms with Crippen LogP contribution >= 0.6 is 34.8 Å². The molecular formula is C16H14Cl3NO2. The van der Waals surface area contributed by atoms with Crippen LogP contribution in [-0.2, 0) is 0 Å². The first-order valence-electron chi connectivity index (χ1n) is 6.59. The van der Waals surface area contributed by atoms with Gasteiger partial charge in [-0.3, -0.25) is 4.79 Å². The zero-order chi connectivity index (χ0) is 16.3. The quantitative estimate of drug-likeness (QED) is 0.713. The standard InChI is InChI=1S/C16H14Cl3NO2/c1-9(2)22-11-5-3-10(4-6-11)16(21)20-15-8-13(18)12(17)7-14(15)19/h3-9H,1-2H3,(H,20,21). The van der Waals surface area contributed by atoms with Gasteiger partial charge in [-0.15, -0.1) is 0 Å². The van der Waals surface area contributed by atoms with E-state index >= 15 is 0 Å². The number of benzene rings is 2. The molecule has 1 N–H and O–H groups in total. The Bertz CT molecular complexity index is 685. The number of carbonyl (C=O) groups is 1. The van der Waals surface area contributed by atoms with Gasteiger partial charge in [-0.2, -0.15) is 0 Å². The Morgan fingerprint density at radius 1 is 1.00 bits per heavy atom. The van der Waals surface area contributed by atoms with Gasteiger partial charge in [0, 0.05) is 5.56 Å². The van der Waals surface area contributed by atoms with Crippen molar-refractivity contribution >= 4 is 46.4 Å². The Labute approximate surface area is 144 Å². The maximum atomic E-state index is 12.2. The van der Waals surface area contributed by atoms with Crippen molar-refractivity contribution in [3.8, 4) is 5.75 Å². The first-order chi connectivity index (χ1) is 10.4. The van der Waals surface area contributed by atoms with Crippen LogP contribution < -0.4 is 10.1 Å². The van der Waals surface area contributed by atoms with E-state index in [-0.39, 0.29) is 12.0 Å². The van der Waals surface area contributed by atoms with Gasteiger partial charge in [0.15, 0.2) is 0 Å². The molecule has 3 nitrogen and oxygen atoms in total. The highest BCUT2D eigenvalue weighted by molar-refractivity contribution is 6.44. The monoisotopic (exact) mass is 357 g/mol. The second-order valence-corrected chi connectivity index (χ2v) is 6.11. The molecule has 0 saturated heterocycles. The second-order valence-electron chi connectivity index (χ2n) is 4.89. The minimum absolute atomic E-state index is 0.0784. The molecule has 0 aliphatic rings. The smallest absolute Gasteiger partial charge is 0.255 e. The summed E-state index contributed by atoms with van der Waals surface area (Å²) in [6.07, 6.45) is 0.0784. The first-order valence-corrected chi connectivity index (χ1v) is 7.73. The molecular weight excluding hydrogens is 345 g/mol. The number of hydrogen-bond acceptors (Lipinski definition) is 2.